The quantitative estimate of drug-likeness (QED) is 0.832. The summed E-state index contributed by atoms with van der Waals surface area (Å²) in [6, 6.07) is 14.2. The Morgan fingerprint density at radius 3 is 2.33 bits per heavy atom. The highest BCUT2D eigenvalue weighted by atomic mass is 32.2. The molecule has 128 valence electrons. The van der Waals surface area contributed by atoms with Crippen molar-refractivity contribution in [2.45, 2.75) is 18.4 Å². The Balaban J connectivity index is 1.97. The number of hydrogen-bond donors (Lipinski definition) is 1. The van der Waals surface area contributed by atoms with Crippen LogP contribution in [0.1, 0.15) is 12.5 Å². The molecule has 0 fully saturated rings. The Morgan fingerprint density at radius 2 is 1.71 bits per heavy atom. The van der Waals surface area contributed by atoms with Gasteiger partial charge in [0.15, 0.2) is 0 Å². The molecule has 0 aliphatic carbocycles. The molecule has 0 spiro atoms. The number of carbonyl (C=O) groups excluding carboxylic acids is 1. The maximum Gasteiger partial charge on any atom is 0.240 e. The van der Waals surface area contributed by atoms with E-state index in [9.17, 15) is 17.6 Å². The van der Waals surface area contributed by atoms with Crippen LogP contribution in [0, 0.1) is 5.82 Å². The minimum Gasteiger partial charge on any atom is -0.337 e. The molecule has 0 atom stereocenters. The van der Waals surface area contributed by atoms with Gasteiger partial charge in [-0.3, -0.25) is 4.79 Å². The third kappa shape index (κ3) is 4.87. The second kappa shape index (κ2) is 8.03. The maximum atomic E-state index is 13.7. The Kier molecular flexibility index (Phi) is 6.05. The maximum absolute atomic E-state index is 13.7. The van der Waals surface area contributed by atoms with Crippen molar-refractivity contribution in [2.75, 3.05) is 13.1 Å². The highest BCUT2D eigenvalue weighted by molar-refractivity contribution is 7.89. The molecule has 0 radical (unpaired) electrons. The molecule has 2 aromatic rings. The number of halogens is 1. The van der Waals surface area contributed by atoms with Gasteiger partial charge >= 0.3 is 0 Å². The van der Waals surface area contributed by atoms with Crippen molar-refractivity contribution < 1.29 is 17.6 Å². The van der Waals surface area contributed by atoms with E-state index in [1.807, 2.05) is 0 Å². The number of sulfonamides is 1. The van der Waals surface area contributed by atoms with Crippen molar-refractivity contribution >= 4 is 15.9 Å². The number of nitrogens with zero attached hydrogens (tertiary/aromatic N) is 1. The molecule has 0 unspecified atom stereocenters. The zero-order chi connectivity index (χ0) is 17.6. The number of benzene rings is 2. The van der Waals surface area contributed by atoms with E-state index in [2.05, 4.69) is 4.72 Å². The van der Waals surface area contributed by atoms with Crippen LogP contribution in [0.4, 0.5) is 4.39 Å². The van der Waals surface area contributed by atoms with Crippen molar-refractivity contribution in [1.29, 1.82) is 0 Å². The van der Waals surface area contributed by atoms with Crippen LogP contribution in [0.5, 0.6) is 0 Å². The first-order chi connectivity index (χ1) is 11.4. The topological polar surface area (TPSA) is 66.5 Å². The van der Waals surface area contributed by atoms with E-state index in [-0.39, 0.29) is 30.4 Å². The fourth-order valence-corrected chi connectivity index (χ4v) is 3.22. The number of nitrogens with one attached hydrogen (secondary N) is 1. The fraction of sp³-hybridized carbons (Fsp3) is 0.235. The van der Waals surface area contributed by atoms with Gasteiger partial charge in [0, 0.05) is 32.1 Å². The molecule has 0 aliphatic heterocycles. The van der Waals surface area contributed by atoms with Crippen molar-refractivity contribution in [2.24, 2.45) is 0 Å². The summed E-state index contributed by atoms with van der Waals surface area (Å²) in [7, 11) is -3.62. The van der Waals surface area contributed by atoms with Crippen LogP contribution in [0.25, 0.3) is 0 Å². The van der Waals surface area contributed by atoms with Crippen LogP contribution < -0.4 is 4.72 Å². The molecule has 0 aliphatic rings. The number of carbonyl (C=O) groups is 1. The molecule has 1 N–H and O–H groups in total. The molecule has 2 aromatic carbocycles. The SMILES string of the molecule is CC(=O)N(CCNS(=O)(=O)c1ccccc1)Cc1ccccc1F. The predicted octanol–water partition coefficient (Wildman–Crippen LogP) is 2.15. The third-order valence-corrected chi connectivity index (χ3v) is 4.97. The summed E-state index contributed by atoms with van der Waals surface area (Å²) in [6.45, 7) is 1.66. The Bertz CT molecular complexity index is 794. The molecule has 0 saturated carbocycles. The average molecular weight is 350 g/mol. The molecule has 7 heteroatoms. The van der Waals surface area contributed by atoms with E-state index in [0.717, 1.165) is 0 Å². The number of rotatable bonds is 7. The first-order valence-corrected chi connectivity index (χ1v) is 8.92. The zero-order valence-corrected chi connectivity index (χ0v) is 14.1. The third-order valence-electron chi connectivity index (χ3n) is 3.49. The van der Waals surface area contributed by atoms with Gasteiger partial charge in [-0.2, -0.15) is 0 Å². The highest BCUT2D eigenvalue weighted by Gasteiger charge is 2.15. The van der Waals surface area contributed by atoms with Gasteiger partial charge in [-0.1, -0.05) is 36.4 Å². The largest absolute Gasteiger partial charge is 0.337 e. The summed E-state index contributed by atoms with van der Waals surface area (Å²) in [5, 5.41) is 0. The van der Waals surface area contributed by atoms with Crippen LogP contribution in [-0.4, -0.2) is 32.3 Å². The molecule has 24 heavy (non-hydrogen) atoms. The van der Waals surface area contributed by atoms with Crippen molar-refractivity contribution in [3.05, 3.63) is 66.0 Å². The van der Waals surface area contributed by atoms with E-state index >= 15 is 0 Å². The molecule has 0 heterocycles. The van der Waals surface area contributed by atoms with Gasteiger partial charge in [0.05, 0.1) is 4.90 Å². The van der Waals surface area contributed by atoms with Gasteiger partial charge < -0.3 is 4.90 Å². The Labute approximate surface area is 141 Å². The van der Waals surface area contributed by atoms with E-state index in [1.54, 1.807) is 36.4 Å². The van der Waals surface area contributed by atoms with Gasteiger partial charge in [0.1, 0.15) is 5.82 Å². The lowest BCUT2D eigenvalue weighted by Crippen LogP contribution is -2.37. The smallest absolute Gasteiger partial charge is 0.240 e. The lowest BCUT2D eigenvalue weighted by atomic mass is 10.2. The van der Waals surface area contributed by atoms with Crippen molar-refractivity contribution in [3.8, 4) is 0 Å². The fourth-order valence-electron chi connectivity index (χ4n) is 2.18. The summed E-state index contributed by atoms with van der Waals surface area (Å²) >= 11 is 0. The van der Waals surface area contributed by atoms with Crippen LogP contribution in [0.15, 0.2) is 59.5 Å². The Hall–Kier alpha value is -2.25. The lowest BCUT2D eigenvalue weighted by Gasteiger charge is -2.21. The summed E-state index contributed by atoms with van der Waals surface area (Å²) in [5.41, 5.74) is 0.388. The second-order valence-electron chi connectivity index (χ2n) is 5.24. The van der Waals surface area contributed by atoms with Gasteiger partial charge in [0.2, 0.25) is 15.9 Å². The number of amides is 1. The van der Waals surface area contributed by atoms with Crippen LogP contribution in [0.3, 0.4) is 0 Å². The highest BCUT2D eigenvalue weighted by Crippen LogP contribution is 2.10. The van der Waals surface area contributed by atoms with Crippen molar-refractivity contribution in [1.82, 2.24) is 9.62 Å². The molecule has 5 nitrogen and oxygen atoms in total. The zero-order valence-electron chi connectivity index (χ0n) is 13.3. The lowest BCUT2D eigenvalue weighted by molar-refractivity contribution is -0.129. The average Bonchev–Trinajstić information content (AvgIpc) is 2.56. The van der Waals surface area contributed by atoms with Gasteiger partial charge in [0.25, 0.3) is 0 Å². The van der Waals surface area contributed by atoms with E-state index in [4.69, 9.17) is 0 Å². The predicted molar refractivity (Wildman–Crippen MR) is 89.1 cm³/mol. The minimum atomic E-state index is -3.62. The first kappa shape index (κ1) is 18.1. The number of hydrogen-bond acceptors (Lipinski definition) is 3. The first-order valence-electron chi connectivity index (χ1n) is 7.44. The molecule has 0 bridgehead atoms. The molecular formula is C17H19FN2O3S. The molecule has 0 aromatic heterocycles. The monoisotopic (exact) mass is 350 g/mol. The van der Waals surface area contributed by atoms with Crippen LogP contribution in [0.2, 0.25) is 0 Å². The summed E-state index contributed by atoms with van der Waals surface area (Å²) in [4.78, 5) is 13.3. The van der Waals surface area contributed by atoms with E-state index in [1.165, 1.54) is 30.0 Å². The molecular weight excluding hydrogens is 331 g/mol. The van der Waals surface area contributed by atoms with Gasteiger partial charge in [-0.15, -0.1) is 0 Å². The normalized spacial score (nSPS) is 11.2. The van der Waals surface area contributed by atoms with Crippen LogP contribution >= 0.6 is 0 Å². The standard InChI is InChI=1S/C17H19FN2O3S/c1-14(21)20(13-15-7-5-6-10-17(15)18)12-11-19-24(22,23)16-8-3-2-4-9-16/h2-10,19H,11-13H2,1H3. The minimum absolute atomic E-state index is 0.0469. The summed E-state index contributed by atoms with van der Waals surface area (Å²) < 4.78 is 40.4. The Morgan fingerprint density at radius 1 is 1.08 bits per heavy atom. The van der Waals surface area contributed by atoms with Gasteiger partial charge in [-0.05, 0) is 18.2 Å². The van der Waals surface area contributed by atoms with E-state index in [0.29, 0.717) is 5.56 Å². The summed E-state index contributed by atoms with van der Waals surface area (Å²) in [5.74, 6) is -0.647. The molecule has 0 saturated heterocycles. The van der Waals surface area contributed by atoms with Gasteiger partial charge in [-0.25, -0.2) is 17.5 Å². The summed E-state index contributed by atoms with van der Waals surface area (Å²) in [6.07, 6.45) is 0. The van der Waals surface area contributed by atoms with Crippen molar-refractivity contribution in [3.63, 3.8) is 0 Å². The van der Waals surface area contributed by atoms with E-state index < -0.39 is 15.8 Å². The molecule has 1 amide bonds. The molecule has 2 rings (SSSR count). The van der Waals surface area contributed by atoms with Crippen LogP contribution in [-0.2, 0) is 21.4 Å². The second-order valence-corrected chi connectivity index (χ2v) is 7.01.